The molecule has 0 aliphatic heterocycles. The van der Waals surface area contributed by atoms with Crippen LogP contribution in [-0.2, 0) is 28.6 Å². The van der Waals surface area contributed by atoms with E-state index in [0.717, 1.165) is 38.5 Å². The highest BCUT2D eigenvalue weighted by Crippen LogP contribution is 2.30. The van der Waals surface area contributed by atoms with Crippen molar-refractivity contribution in [3.63, 3.8) is 0 Å². The Labute approximate surface area is 196 Å². The molecule has 2 unspecified atom stereocenters. The average molecular weight is 475 g/mol. The molecule has 0 spiro atoms. The van der Waals surface area contributed by atoms with Gasteiger partial charge in [0.2, 0.25) is 0 Å². The number of hydrogen-bond acceptors (Lipinski definition) is 9. The van der Waals surface area contributed by atoms with Crippen molar-refractivity contribution in [3.8, 4) is 0 Å². The molecule has 0 aromatic carbocycles. The maximum absolute atomic E-state index is 12.4. The van der Waals surface area contributed by atoms with Gasteiger partial charge in [0.05, 0.1) is 0 Å². The third kappa shape index (κ3) is 9.98. The Morgan fingerprint density at radius 1 is 0.515 bits per heavy atom. The van der Waals surface area contributed by atoms with Crippen LogP contribution >= 0.6 is 0 Å². The fourth-order valence-corrected chi connectivity index (χ4v) is 3.76. The summed E-state index contributed by atoms with van der Waals surface area (Å²) in [6, 6.07) is 0. The third-order valence-corrected chi connectivity index (χ3v) is 5.78. The summed E-state index contributed by atoms with van der Waals surface area (Å²) in [6.45, 7) is 5.96. The van der Waals surface area contributed by atoms with Crippen LogP contribution in [-0.4, -0.2) is 69.9 Å². The predicted molar refractivity (Wildman–Crippen MR) is 120 cm³/mol. The van der Waals surface area contributed by atoms with Gasteiger partial charge in [0.25, 0.3) is 0 Å². The zero-order valence-corrected chi connectivity index (χ0v) is 20.2. The lowest BCUT2D eigenvalue weighted by atomic mass is 9.84. The van der Waals surface area contributed by atoms with E-state index in [4.69, 9.17) is 14.2 Å². The summed E-state index contributed by atoms with van der Waals surface area (Å²) in [7, 11) is 0. The molecule has 0 aromatic heterocycles. The van der Waals surface area contributed by atoms with E-state index in [0.29, 0.717) is 19.3 Å². The van der Waals surface area contributed by atoms with Crippen molar-refractivity contribution in [2.75, 3.05) is 0 Å². The van der Waals surface area contributed by atoms with Crippen LogP contribution in [0.5, 0.6) is 0 Å². The number of carbonyl (C=O) groups excluding carboxylic acids is 3. The van der Waals surface area contributed by atoms with Crippen molar-refractivity contribution in [1.29, 1.82) is 0 Å². The van der Waals surface area contributed by atoms with Crippen molar-refractivity contribution < 1.29 is 43.9 Å². The number of hydrogen-bond donors (Lipinski definition) is 3. The molecule has 1 aliphatic carbocycles. The molecular weight excluding hydrogens is 432 g/mol. The van der Waals surface area contributed by atoms with Crippen LogP contribution in [0.4, 0.5) is 0 Å². The van der Waals surface area contributed by atoms with Gasteiger partial charge < -0.3 is 29.5 Å². The SMILES string of the molecule is CCCCCC(=O)OC1[C@@H](OC(=O)CCCCC)[C@H](O)C(O)[C@H](O)[C@@H]1OC(=O)CCCCC. The van der Waals surface area contributed by atoms with Crippen LogP contribution in [0, 0.1) is 0 Å². The molecule has 0 amide bonds. The van der Waals surface area contributed by atoms with Gasteiger partial charge in [-0.2, -0.15) is 0 Å². The molecule has 0 radical (unpaired) electrons. The van der Waals surface area contributed by atoms with Gasteiger partial charge in [0.1, 0.15) is 18.3 Å². The Hall–Kier alpha value is -1.71. The minimum atomic E-state index is -1.75. The Balaban J connectivity index is 3.04. The molecule has 0 bridgehead atoms. The highest BCUT2D eigenvalue weighted by Gasteiger charge is 2.55. The van der Waals surface area contributed by atoms with Crippen molar-refractivity contribution in [1.82, 2.24) is 0 Å². The van der Waals surface area contributed by atoms with E-state index in [2.05, 4.69) is 0 Å². The maximum Gasteiger partial charge on any atom is 0.306 e. The normalized spacial score (nSPS) is 27.1. The summed E-state index contributed by atoms with van der Waals surface area (Å²) in [5, 5.41) is 31.4. The third-order valence-electron chi connectivity index (χ3n) is 5.78. The second-order valence-corrected chi connectivity index (χ2v) is 8.71. The van der Waals surface area contributed by atoms with Crippen LogP contribution in [0.3, 0.4) is 0 Å². The van der Waals surface area contributed by atoms with E-state index in [-0.39, 0.29) is 19.3 Å². The standard InChI is InChI=1S/C24H42O9/c1-4-7-10-13-16(25)31-22-20(29)19(28)21(30)23(32-17(26)14-11-8-5-2)24(22)33-18(27)15-12-9-6-3/h19-24,28-30H,4-15H2,1-3H3/t19?,20-,21+,22-,23-,24?/m0/s1. The molecule has 1 rings (SSSR count). The summed E-state index contributed by atoms with van der Waals surface area (Å²) in [6.07, 6.45) is -2.37. The summed E-state index contributed by atoms with van der Waals surface area (Å²) in [5.41, 5.74) is 0. The number of esters is 3. The van der Waals surface area contributed by atoms with E-state index in [1.165, 1.54) is 0 Å². The smallest absolute Gasteiger partial charge is 0.306 e. The molecule has 1 saturated carbocycles. The Bertz CT molecular complexity index is 556. The fourth-order valence-electron chi connectivity index (χ4n) is 3.76. The molecule has 1 fully saturated rings. The first-order valence-corrected chi connectivity index (χ1v) is 12.4. The molecule has 0 aromatic rings. The number of unbranched alkanes of at least 4 members (excludes halogenated alkanes) is 6. The topological polar surface area (TPSA) is 140 Å². The predicted octanol–water partition coefficient (Wildman–Crippen LogP) is 2.56. The van der Waals surface area contributed by atoms with E-state index >= 15 is 0 Å². The van der Waals surface area contributed by atoms with Gasteiger partial charge in [-0.3, -0.25) is 14.4 Å². The van der Waals surface area contributed by atoms with Gasteiger partial charge >= 0.3 is 17.9 Å². The van der Waals surface area contributed by atoms with Gasteiger partial charge in [-0.15, -0.1) is 0 Å². The zero-order chi connectivity index (χ0) is 24.8. The summed E-state index contributed by atoms with van der Waals surface area (Å²) in [5.74, 6) is -1.88. The second-order valence-electron chi connectivity index (χ2n) is 8.71. The zero-order valence-electron chi connectivity index (χ0n) is 20.2. The first-order chi connectivity index (χ1) is 15.8. The van der Waals surface area contributed by atoms with E-state index in [9.17, 15) is 29.7 Å². The van der Waals surface area contributed by atoms with E-state index in [1.807, 2.05) is 20.8 Å². The first-order valence-electron chi connectivity index (χ1n) is 12.4. The molecule has 3 N–H and O–H groups in total. The molecule has 1 aliphatic rings. The average Bonchev–Trinajstić information content (AvgIpc) is 2.78. The number of aliphatic hydroxyl groups excluding tert-OH is 3. The van der Waals surface area contributed by atoms with Crippen molar-refractivity contribution in [2.45, 2.75) is 134 Å². The van der Waals surface area contributed by atoms with Gasteiger partial charge in [-0.05, 0) is 19.3 Å². The lowest BCUT2D eigenvalue weighted by molar-refractivity contribution is -0.248. The van der Waals surface area contributed by atoms with Crippen LogP contribution in [0.2, 0.25) is 0 Å². The van der Waals surface area contributed by atoms with Gasteiger partial charge in [-0.1, -0.05) is 59.3 Å². The van der Waals surface area contributed by atoms with Crippen LogP contribution < -0.4 is 0 Å². The summed E-state index contributed by atoms with van der Waals surface area (Å²) >= 11 is 0. The highest BCUT2D eigenvalue weighted by atomic mass is 16.6. The van der Waals surface area contributed by atoms with Crippen LogP contribution in [0.25, 0.3) is 0 Å². The van der Waals surface area contributed by atoms with Crippen molar-refractivity contribution in [3.05, 3.63) is 0 Å². The number of ether oxygens (including phenoxy) is 3. The molecule has 0 heterocycles. The maximum atomic E-state index is 12.4. The number of rotatable bonds is 15. The first kappa shape index (κ1) is 29.3. The van der Waals surface area contributed by atoms with Crippen molar-refractivity contribution >= 4 is 17.9 Å². The second kappa shape index (κ2) is 16.0. The van der Waals surface area contributed by atoms with Crippen LogP contribution in [0.1, 0.15) is 97.8 Å². The van der Waals surface area contributed by atoms with E-state index in [1.54, 1.807) is 0 Å². The van der Waals surface area contributed by atoms with E-state index < -0.39 is 54.5 Å². The largest absolute Gasteiger partial charge is 0.455 e. The van der Waals surface area contributed by atoms with Crippen molar-refractivity contribution in [2.24, 2.45) is 0 Å². The summed E-state index contributed by atoms with van der Waals surface area (Å²) in [4.78, 5) is 37.1. The minimum absolute atomic E-state index is 0.0907. The molecule has 0 saturated heterocycles. The fraction of sp³-hybridized carbons (Fsp3) is 0.875. The lowest BCUT2D eigenvalue weighted by Gasteiger charge is -2.44. The highest BCUT2D eigenvalue weighted by molar-refractivity contribution is 5.71. The molecule has 33 heavy (non-hydrogen) atoms. The molecule has 9 heteroatoms. The summed E-state index contributed by atoms with van der Waals surface area (Å²) < 4.78 is 16.3. The van der Waals surface area contributed by atoms with Gasteiger partial charge in [0.15, 0.2) is 18.3 Å². The number of aliphatic hydroxyl groups is 3. The molecular formula is C24H42O9. The van der Waals surface area contributed by atoms with Gasteiger partial charge in [0, 0.05) is 19.3 Å². The Morgan fingerprint density at radius 3 is 1.12 bits per heavy atom. The lowest BCUT2D eigenvalue weighted by Crippen LogP contribution is -2.66. The quantitative estimate of drug-likeness (QED) is 0.186. The monoisotopic (exact) mass is 474 g/mol. The van der Waals surface area contributed by atoms with Crippen LogP contribution in [0.15, 0.2) is 0 Å². The molecule has 6 atom stereocenters. The number of carbonyl (C=O) groups is 3. The van der Waals surface area contributed by atoms with Gasteiger partial charge in [-0.25, -0.2) is 0 Å². The minimum Gasteiger partial charge on any atom is -0.455 e. The molecule has 9 nitrogen and oxygen atoms in total. The Morgan fingerprint density at radius 2 is 0.818 bits per heavy atom. The molecule has 192 valence electrons. The Kier molecular flexibility index (Phi) is 14.2.